The quantitative estimate of drug-likeness (QED) is 0.731. The Morgan fingerprint density at radius 2 is 2.20 bits per heavy atom. The van der Waals surface area contributed by atoms with E-state index in [1.807, 2.05) is 30.5 Å². The molecule has 1 atom stereocenters. The first-order chi connectivity index (χ1) is 12.0. The molecule has 1 fully saturated rings. The highest BCUT2D eigenvalue weighted by atomic mass is 79.9. The van der Waals surface area contributed by atoms with Crippen LogP contribution < -0.4 is 5.32 Å². The summed E-state index contributed by atoms with van der Waals surface area (Å²) in [7, 11) is 0. The first kappa shape index (κ1) is 18.4. The Balaban J connectivity index is 1.69. The average Bonchev–Trinajstić information content (AvgIpc) is 3.12. The van der Waals surface area contributed by atoms with E-state index >= 15 is 0 Å². The molecule has 4 nitrogen and oxygen atoms in total. The fourth-order valence-electron chi connectivity index (χ4n) is 3.02. The maximum atomic E-state index is 12.7. The maximum absolute atomic E-state index is 12.7. The lowest BCUT2D eigenvalue weighted by atomic mass is 9.96. The van der Waals surface area contributed by atoms with Crippen LogP contribution in [0.5, 0.6) is 0 Å². The van der Waals surface area contributed by atoms with Gasteiger partial charge in [-0.05, 0) is 48.9 Å². The predicted octanol–water partition coefficient (Wildman–Crippen LogP) is 4.96. The molecule has 0 bridgehead atoms. The van der Waals surface area contributed by atoms with Gasteiger partial charge in [0, 0.05) is 17.6 Å². The molecule has 1 aromatic carbocycles. The van der Waals surface area contributed by atoms with Gasteiger partial charge in [0.1, 0.15) is 0 Å². The second-order valence-corrected chi connectivity index (χ2v) is 8.41. The van der Waals surface area contributed by atoms with Crippen LogP contribution in [0, 0.1) is 12.8 Å². The van der Waals surface area contributed by atoms with Crippen molar-refractivity contribution in [3.8, 4) is 0 Å². The molecule has 2 aromatic rings. The minimum absolute atomic E-state index is 0.00496. The summed E-state index contributed by atoms with van der Waals surface area (Å²) in [6.45, 7) is 3.04. The first-order valence-electron chi connectivity index (χ1n) is 8.05. The molecular weight excluding hydrogens is 424 g/mol. The van der Waals surface area contributed by atoms with Crippen LogP contribution in [0.25, 0.3) is 0 Å². The van der Waals surface area contributed by atoms with E-state index in [1.54, 1.807) is 11.0 Å². The van der Waals surface area contributed by atoms with Gasteiger partial charge in [0.15, 0.2) is 0 Å². The van der Waals surface area contributed by atoms with Crippen LogP contribution >= 0.6 is 38.9 Å². The number of halogens is 2. The van der Waals surface area contributed by atoms with Crippen molar-refractivity contribution in [1.82, 2.24) is 4.90 Å². The molecular formula is C18H18BrClN2O2S. The van der Waals surface area contributed by atoms with Gasteiger partial charge in [-0.25, -0.2) is 0 Å². The summed E-state index contributed by atoms with van der Waals surface area (Å²) in [5.41, 5.74) is 1.53. The molecule has 1 aliphatic rings. The Morgan fingerprint density at radius 3 is 2.88 bits per heavy atom. The van der Waals surface area contributed by atoms with Crippen molar-refractivity contribution in [3.63, 3.8) is 0 Å². The van der Waals surface area contributed by atoms with Gasteiger partial charge in [-0.2, -0.15) is 0 Å². The fourth-order valence-corrected chi connectivity index (χ4v) is 4.73. The Morgan fingerprint density at radius 1 is 1.40 bits per heavy atom. The molecule has 0 spiro atoms. The van der Waals surface area contributed by atoms with Crippen LogP contribution in [-0.4, -0.2) is 29.8 Å². The standard InChI is InChI=1S/C18H18BrClN2O2S/c1-11-8-13(19)9-14(20)16(11)21-17(23)12-4-2-6-22(10-12)18(24)15-5-3-7-25-15/h3,5,7-9,12H,2,4,6,10H2,1H3,(H,21,23). The SMILES string of the molecule is Cc1cc(Br)cc(Cl)c1NC(=O)C1CCCN(C(=O)c2cccs2)C1. The summed E-state index contributed by atoms with van der Waals surface area (Å²) in [6, 6.07) is 7.36. The third-order valence-corrected chi connectivity index (χ3v) is 5.93. The lowest BCUT2D eigenvalue weighted by Gasteiger charge is -2.32. The Bertz CT molecular complexity index is 771. The number of benzene rings is 1. The number of likely N-dealkylation sites (tertiary alicyclic amines) is 1. The normalized spacial score (nSPS) is 17.4. The molecule has 1 aliphatic heterocycles. The monoisotopic (exact) mass is 440 g/mol. The number of rotatable bonds is 3. The van der Waals surface area contributed by atoms with Crippen molar-refractivity contribution in [2.75, 3.05) is 18.4 Å². The molecule has 0 radical (unpaired) electrons. The van der Waals surface area contributed by atoms with Crippen molar-refractivity contribution in [2.45, 2.75) is 19.8 Å². The predicted molar refractivity (Wildman–Crippen MR) is 105 cm³/mol. The lowest BCUT2D eigenvalue weighted by molar-refractivity contribution is -0.121. The zero-order valence-corrected chi connectivity index (χ0v) is 16.9. The summed E-state index contributed by atoms with van der Waals surface area (Å²) < 4.78 is 0.874. The van der Waals surface area contributed by atoms with Gasteiger partial charge < -0.3 is 10.2 Å². The fraction of sp³-hybridized carbons (Fsp3) is 0.333. The van der Waals surface area contributed by atoms with Gasteiger partial charge >= 0.3 is 0 Å². The minimum atomic E-state index is -0.225. The molecule has 0 saturated carbocycles. The van der Waals surface area contributed by atoms with E-state index < -0.39 is 0 Å². The second kappa shape index (κ2) is 7.89. The third kappa shape index (κ3) is 4.25. The lowest BCUT2D eigenvalue weighted by Crippen LogP contribution is -2.43. The van der Waals surface area contributed by atoms with Crippen LogP contribution in [0.3, 0.4) is 0 Å². The smallest absolute Gasteiger partial charge is 0.263 e. The van der Waals surface area contributed by atoms with E-state index in [1.165, 1.54) is 11.3 Å². The first-order valence-corrected chi connectivity index (χ1v) is 10.1. The number of carbonyl (C=O) groups excluding carboxylic acids is 2. The van der Waals surface area contributed by atoms with E-state index in [2.05, 4.69) is 21.2 Å². The van der Waals surface area contributed by atoms with Gasteiger partial charge in [-0.3, -0.25) is 9.59 Å². The van der Waals surface area contributed by atoms with E-state index in [0.29, 0.717) is 28.7 Å². The van der Waals surface area contributed by atoms with Crippen molar-refractivity contribution in [2.24, 2.45) is 5.92 Å². The average molecular weight is 442 g/mol. The molecule has 25 heavy (non-hydrogen) atoms. The molecule has 132 valence electrons. The van der Waals surface area contributed by atoms with Crippen molar-refractivity contribution < 1.29 is 9.59 Å². The number of aryl methyl sites for hydroxylation is 1. The van der Waals surface area contributed by atoms with Crippen molar-refractivity contribution >= 4 is 56.4 Å². The number of nitrogens with zero attached hydrogens (tertiary/aromatic N) is 1. The van der Waals surface area contributed by atoms with Crippen LogP contribution in [0.1, 0.15) is 28.1 Å². The summed E-state index contributed by atoms with van der Waals surface area (Å²) in [6.07, 6.45) is 1.59. The number of hydrogen-bond acceptors (Lipinski definition) is 3. The van der Waals surface area contributed by atoms with Gasteiger partial charge in [-0.15, -0.1) is 11.3 Å². The Hall–Kier alpha value is -1.37. The Labute approximate surface area is 164 Å². The Kier molecular flexibility index (Phi) is 5.81. The largest absolute Gasteiger partial charge is 0.337 e. The molecule has 1 unspecified atom stereocenters. The zero-order valence-electron chi connectivity index (χ0n) is 13.7. The van der Waals surface area contributed by atoms with E-state index in [-0.39, 0.29) is 17.7 Å². The highest BCUT2D eigenvalue weighted by Gasteiger charge is 2.29. The number of anilines is 1. The molecule has 0 aliphatic carbocycles. The molecule has 2 heterocycles. The number of carbonyl (C=O) groups is 2. The van der Waals surface area contributed by atoms with E-state index in [4.69, 9.17) is 11.6 Å². The third-order valence-electron chi connectivity index (χ3n) is 4.31. The summed E-state index contributed by atoms with van der Waals surface area (Å²) in [4.78, 5) is 27.7. The highest BCUT2D eigenvalue weighted by molar-refractivity contribution is 9.10. The second-order valence-electron chi connectivity index (χ2n) is 6.14. The van der Waals surface area contributed by atoms with Gasteiger partial charge in [-0.1, -0.05) is 33.6 Å². The van der Waals surface area contributed by atoms with E-state index in [0.717, 1.165) is 22.9 Å². The van der Waals surface area contributed by atoms with E-state index in [9.17, 15) is 9.59 Å². The summed E-state index contributed by atoms with van der Waals surface area (Å²) >= 11 is 11.1. The molecule has 1 saturated heterocycles. The van der Waals surface area contributed by atoms with Gasteiger partial charge in [0.2, 0.25) is 5.91 Å². The number of piperidine rings is 1. The van der Waals surface area contributed by atoms with Crippen LogP contribution in [0.4, 0.5) is 5.69 Å². The summed E-state index contributed by atoms with van der Waals surface area (Å²) in [5.74, 6) is -0.307. The molecule has 3 rings (SSSR count). The highest BCUT2D eigenvalue weighted by Crippen LogP contribution is 2.31. The number of hydrogen-bond donors (Lipinski definition) is 1. The van der Waals surface area contributed by atoms with Crippen LogP contribution in [0.15, 0.2) is 34.1 Å². The topological polar surface area (TPSA) is 49.4 Å². The molecule has 1 N–H and O–H groups in total. The number of nitrogens with one attached hydrogen (secondary N) is 1. The van der Waals surface area contributed by atoms with Gasteiger partial charge in [0.25, 0.3) is 5.91 Å². The summed E-state index contributed by atoms with van der Waals surface area (Å²) in [5, 5.41) is 5.33. The number of amides is 2. The van der Waals surface area contributed by atoms with Gasteiger partial charge in [0.05, 0.1) is 21.5 Å². The molecule has 2 amide bonds. The minimum Gasteiger partial charge on any atom is -0.337 e. The maximum Gasteiger partial charge on any atom is 0.263 e. The van der Waals surface area contributed by atoms with Crippen molar-refractivity contribution in [3.05, 3.63) is 49.6 Å². The zero-order chi connectivity index (χ0) is 18.0. The van der Waals surface area contributed by atoms with Crippen LogP contribution in [-0.2, 0) is 4.79 Å². The number of thiophene rings is 1. The van der Waals surface area contributed by atoms with Crippen LogP contribution in [0.2, 0.25) is 5.02 Å². The van der Waals surface area contributed by atoms with Crippen molar-refractivity contribution in [1.29, 1.82) is 0 Å². The molecule has 7 heteroatoms. The molecule has 1 aromatic heterocycles.